The third-order valence-corrected chi connectivity index (χ3v) is 4.00. The second kappa shape index (κ2) is 4.75. The molecule has 0 unspecified atom stereocenters. The Bertz CT molecular complexity index is 550. The SMILES string of the molecule is Cc1cccc2c1cc(CN1CCNCC1)n2C. The Morgan fingerprint density at radius 1 is 1.22 bits per heavy atom. The van der Waals surface area contributed by atoms with Crippen molar-refractivity contribution in [2.75, 3.05) is 26.2 Å². The standard InChI is InChI=1S/C15H21N3/c1-12-4-3-5-15-14(12)10-13(17(15)2)11-18-8-6-16-7-9-18/h3-5,10,16H,6-9,11H2,1-2H3. The van der Waals surface area contributed by atoms with E-state index >= 15 is 0 Å². The largest absolute Gasteiger partial charge is 0.346 e. The second-order valence-electron chi connectivity index (χ2n) is 5.23. The molecule has 96 valence electrons. The lowest BCUT2D eigenvalue weighted by atomic mass is 10.1. The number of fused-ring (bicyclic) bond motifs is 1. The molecular formula is C15H21N3. The number of hydrogen-bond donors (Lipinski definition) is 1. The van der Waals surface area contributed by atoms with Crippen LogP contribution in [0.3, 0.4) is 0 Å². The number of nitrogens with zero attached hydrogens (tertiary/aromatic N) is 2. The van der Waals surface area contributed by atoms with E-state index in [1.807, 2.05) is 0 Å². The van der Waals surface area contributed by atoms with E-state index in [1.54, 1.807) is 0 Å². The van der Waals surface area contributed by atoms with Gasteiger partial charge in [0, 0.05) is 56.4 Å². The molecule has 1 aromatic carbocycles. The Labute approximate surface area is 108 Å². The van der Waals surface area contributed by atoms with Gasteiger partial charge in [-0.15, -0.1) is 0 Å². The van der Waals surface area contributed by atoms with Crippen molar-refractivity contribution in [3.05, 3.63) is 35.5 Å². The maximum atomic E-state index is 3.40. The van der Waals surface area contributed by atoms with Crippen molar-refractivity contribution in [2.24, 2.45) is 7.05 Å². The Kier molecular flexibility index (Phi) is 3.10. The van der Waals surface area contributed by atoms with E-state index in [9.17, 15) is 0 Å². The highest BCUT2D eigenvalue weighted by Gasteiger charge is 2.13. The van der Waals surface area contributed by atoms with Gasteiger partial charge in [0.25, 0.3) is 0 Å². The third-order valence-electron chi connectivity index (χ3n) is 4.00. The zero-order valence-electron chi connectivity index (χ0n) is 11.2. The van der Waals surface area contributed by atoms with Crippen LogP contribution in [-0.2, 0) is 13.6 Å². The van der Waals surface area contributed by atoms with Gasteiger partial charge in [-0.25, -0.2) is 0 Å². The van der Waals surface area contributed by atoms with E-state index in [4.69, 9.17) is 0 Å². The first-order valence-corrected chi connectivity index (χ1v) is 6.73. The summed E-state index contributed by atoms with van der Waals surface area (Å²) in [5.74, 6) is 0. The van der Waals surface area contributed by atoms with Gasteiger partial charge in [0.2, 0.25) is 0 Å². The Morgan fingerprint density at radius 2 is 2.00 bits per heavy atom. The molecule has 18 heavy (non-hydrogen) atoms. The molecule has 1 fully saturated rings. The van der Waals surface area contributed by atoms with Crippen LogP contribution >= 0.6 is 0 Å². The van der Waals surface area contributed by atoms with Crippen molar-refractivity contribution in [1.29, 1.82) is 0 Å². The first-order chi connectivity index (χ1) is 8.75. The van der Waals surface area contributed by atoms with E-state index in [-0.39, 0.29) is 0 Å². The number of benzene rings is 1. The quantitative estimate of drug-likeness (QED) is 0.869. The molecule has 0 spiro atoms. The van der Waals surface area contributed by atoms with E-state index in [2.05, 4.69) is 53.0 Å². The molecule has 0 amide bonds. The summed E-state index contributed by atoms with van der Waals surface area (Å²) in [6.45, 7) is 7.79. The van der Waals surface area contributed by atoms with Crippen LogP contribution in [0.5, 0.6) is 0 Å². The van der Waals surface area contributed by atoms with Crippen LogP contribution in [0.2, 0.25) is 0 Å². The van der Waals surface area contributed by atoms with Gasteiger partial charge in [-0.2, -0.15) is 0 Å². The molecule has 3 nitrogen and oxygen atoms in total. The minimum Gasteiger partial charge on any atom is -0.346 e. The lowest BCUT2D eigenvalue weighted by Crippen LogP contribution is -2.43. The van der Waals surface area contributed by atoms with Gasteiger partial charge >= 0.3 is 0 Å². The van der Waals surface area contributed by atoms with Crippen molar-refractivity contribution < 1.29 is 0 Å². The van der Waals surface area contributed by atoms with Gasteiger partial charge in [-0.3, -0.25) is 4.90 Å². The zero-order chi connectivity index (χ0) is 12.5. The second-order valence-corrected chi connectivity index (χ2v) is 5.23. The smallest absolute Gasteiger partial charge is 0.0482 e. The fraction of sp³-hybridized carbons (Fsp3) is 0.467. The summed E-state index contributed by atoms with van der Waals surface area (Å²) in [4.78, 5) is 2.53. The molecule has 2 heterocycles. The Hall–Kier alpha value is -1.32. The minimum absolute atomic E-state index is 1.06. The van der Waals surface area contributed by atoms with Crippen LogP contribution in [0.4, 0.5) is 0 Å². The monoisotopic (exact) mass is 243 g/mol. The fourth-order valence-corrected chi connectivity index (χ4v) is 2.81. The third kappa shape index (κ3) is 2.04. The Balaban J connectivity index is 1.92. The summed E-state index contributed by atoms with van der Waals surface area (Å²) < 4.78 is 2.34. The van der Waals surface area contributed by atoms with Crippen molar-refractivity contribution in [1.82, 2.24) is 14.8 Å². The highest BCUT2D eigenvalue weighted by atomic mass is 15.2. The number of hydrogen-bond acceptors (Lipinski definition) is 2. The number of piperazine rings is 1. The van der Waals surface area contributed by atoms with Gasteiger partial charge < -0.3 is 9.88 Å². The van der Waals surface area contributed by atoms with E-state index in [1.165, 1.54) is 22.2 Å². The van der Waals surface area contributed by atoms with Crippen molar-refractivity contribution >= 4 is 10.9 Å². The molecule has 3 heteroatoms. The summed E-state index contributed by atoms with van der Waals surface area (Å²) in [5.41, 5.74) is 4.14. The molecule has 0 bridgehead atoms. The van der Waals surface area contributed by atoms with Crippen LogP contribution in [0, 0.1) is 6.92 Å². The van der Waals surface area contributed by atoms with Crippen LogP contribution in [0.25, 0.3) is 10.9 Å². The van der Waals surface area contributed by atoms with Gasteiger partial charge in [-0.1, -0.05) is 12.1 Å². The zero-order valence-corrected chi connectivity index (χ0v) is 11.2. The van der Waals surface area contributed by atoms with Gasteiger partial charge in [0.05, 0.1) is 0 Å². The molecule has 1 saturated heterocycles. The maximum absolute atomic E-state index is 3.40. The molecule has 0 radical (unpaired) electrons. The minimum atomic E-state index is 1.06. The average molecular weight is 243 g/mol. The number of rotatable bonds is 2. The molecule has 0 atom stereocenters. The van der Waals surface area contributed by atoms with E-state index in [0.717, 1.165) is 32.7 Å². The highest BCUT2D eigenvalue weighted by molar-refractivity contribution is 5.84. The summed E-state index contributed by atoms with van der Waals surface area (Å²) in [7, 11) is 2.18. The molecular weight excluding hydrogens is 222 g/mol. The first kappa shape index (κ1) is 11.8. The fourth-order valence-electron chi connectivity index (χ4n) is 2.81. The summed E-state index contributed by atoms with van der Waals surface area (Å²) in [6.07, 6.45) is 0. The maximum Gasteiger partial charge on any atom is 0.0482 e. The van der Waals surface area contributed by atoms with E-state index in [0.29, 0.717) is 0 Å². The Morgan fingerprint density at radius 3 is 2.72 bits per heavy atom. The van der Waals surface area contributed by atoms with Gasteiger partial charge in [0.1, 0.15) is 0 Å². The number of aromatic nitrogens is 1. The first-order valence-electron chi connectivity index (χ1n) is 6.73. The van der Waals surface area contributed by atoms with Crippen LogP contribution in [0.1, 0.15) is 11.3 Å². The lowest BCUT2D eigenvalue weighted by Gasteiger charge is -2.27. The van der Waals surface area contributed by atoms with Crippen molar-refractivity contribution in [3.63, 3.8) is 0 Å². The molecule has 0 aliphatic carbocycles. The number of aryl methyl sites for hydroxylation is 2. The normalized spacial score (nSPS) is 17.4. The summed E-state index contributed by atoms with van der Waals surface area (Å²) >= 11 is 0. The highest BCUT2D eigenvalue weighted by Crippen LogP contribution is 2.23. The predicted octanol–water partition coefficient (Wildman–Crippen LogP) is 1.89. The predicted molar refractivity (Wildman–Crippen MR) is 75.8 cm³/mol. The van der Waals surface area contributed by atoms with Gasteiger partial charge in [-0.05, 0) is 24.6 Å². The van der Waals surface area contributed by atoms with Gasteiger partial charge in [0.15, 0.2) is 0 Å². The molecule has 1 aliphatic rings. The van der Waals surface area contributed by atoms with Crippen molar-refractivity contribution in [2.45, 2.75) is 13.5 Å². The van der Waals surface area contributed by atoms with Crippen LogP contribution in [0.15, 0.2) is 24.3 Å². The van der Waals surface area contributed by atoms with Crippen LogP contribution in [-0.4, -0.2) is 35.6 Å². The van der Waals surface area contributed by atoms with Crippen molar-refractivity contribution in [3.8, 4) is 0 Å². The molecule has 1 aliphatic heterocycles. The lowest BCUT2D eigenvalue weighted by molar-refractivity contribution is 0.229. The summed E-state index contributed by atoms with van der Waals surface area (Å²) in [5, 5.41) is 4.80. The molecule has 1 N–H and O–H groups in total. The molecule has 1 aromatic heterocycles. The molecule has 3 rings (SSSR count). The molecule has 2 aromatic rings. The van der Waals surface area contributed by atoms with Crippen LogP contribution < -0.4 is 5.32 Å². The summed E-state index contributed by atoms with van der Waals surface area (Å²) in [6, 6.07) is 8.90. The topological polar surface area (TPSA) is 20.2 Å². The van der Waals surface area contributed by atoms with E-state index < -0.39 is 0 Å². The average Bonchev–Trinajstić information content (AvgIpc) is 2.70. The number of nitrogens with one attached hydrogen (secondary N) is 1. The molecule has 0 saturated carbocycles.